The SMILES string of the molecule is CCn1c(-c2cc(-c3ccccc3)n[nH]2)nnc1N1CCC(Oc2ccccc2)CC1. The second-order valence-corrected chi connectivity index (χ2v) is 7.72. The predicted octanol–water partition coefficient (Wildman–Crippen LogP) is 4.40. The van der Waals surface area contributed by atoms with Crippen LogP contribution in [0.2, 0.25) is 0 Å². The second kappa shape index (κ2) is 8.63. The van der Waals surface area contributed by atoms with Crippen molar-refractivity contribution >= 4 is 5.95 Å². The summed E-state index contributed by atoms with van der Waals surface area (Å²) >= 11 is 0. The summed E-state index contributed by atoms with van der Waals surface area (Å²) in [5.41, 5.74) is 2.86. The van der Waals surface area contributed by atoms with Crippen LogP contribution in [0.1, 0.15) is 19.8 Å². The Kier molecular flexibility index (Phi) is 5.39. The van der Waals surface area contributed by atoms with Gasteiger partial charge in [-0.3, -0.25) is 9.67 Å². The maximum Gasteiger partial charge on any atom is 0.227 e. The van der Waals surface area contributed by atoms with Gasteiger partial charge in [0.15, 0.2) is 5.82 Å². The number of hydrogen-bond acceptors (Lipinski definition) is 5. The fourth-order valence-electron chi connectivity index (χ4n) is 4.08. The zero-order chi connectivity index (χ0) is 21.0. The van der Waals surface area contributed by atoms with E-state index < -0.39 is 0 Å². The zero-order valence-corrected chi connectivity index (χ0v) is 17.6. The molecule has 2 aromatic carbocycles. The van der Waals surface area contributed by atoms with Crippen LogP contribution in [0, 0.1) is 0 Å². The number of piperidine rings is 1. The normalized spacial score (nSPS) is 14.7. The molecule has 0 spiro atoms. The Hall–Kier alpha value is -3.61. The standard InChI is InChI=1S/C24H26N6O/c1-2-30-23(22-17-21(25-26-22)18-9-5-3-6-10-18)27-28-24(30)29-15-13-20(14-16-29)31-19-11-7-4-8-12-19/h3-12,17,20H,2,13-16H2,1H3,(H,25,26). The average Bonchev–Trinajstić information content (AvgIpc) is 3.48. The Bertz CT molecular complexity index is 1110. The van der Waals surface area contributed by atoms with Crippen molar-refractivity contribution in [2.75, 3.05) is 18.0 Å². The lowest BCUT2D eigenvalue weighted by atomic mass is 10.1. The molecule has 2 aromatic heterocycles. The molecule has 1 fully saturated rings. The van der Waals surface area contributed by atoms with E-state index in [4.69, 9.17) is 4.74 Å². The van der Waals surface area contributed by atoms with Crippen LogP contribution < -0.4 is 9.64 Å². The number of anilines is 1. The molecule has 0 radical (unpaired) electrons. The molecule has 1 saturated heterocycles. The predicted molar refractivity (Wildman–Crippen MR) is 121 cm³/mol. The van der Waals surface area contributed by atoms with Crippen molar-refractivity contribution < 1.29 is 4.74 Å². The van der Waals surface area contributed by atoms with E-state index in [1.807, 2.05) is 54.6 Å². The molecule has 7 nitrogen and oxygen atoms in total. The number of hydrogen-bond donors (Lipinski definition) is 1. The van der Waals surface area contributed by atoms with Gasteiger partial charge < -0.3 is 9.64 Å². The van der Waals surface area contributed by atoms with Crippen molar-refractivity contribution in [1.82, 2.24) is 25.0 Å². The van der Waals surface area contributed by atoms with Gasteiger partial charge in [0.2, 0.25) is 5.95 Å². The minimum Gasteiger partial charge on any atom is -0.490 e. The zero-order valence-electron chi connectivity index (χ0n) is 17.6. The molecule has 0 aliphatic carbocycles. The summed E-state index contributed by atoms with van der Waals surface area (Å²) in [6, 6.07) is 22.2. The molecule has 158 valence electrons. The summed E-state index contributed by atoms with van der Waals surface area (Å²) in [4.78, 5) is 2.30. The van der Waals surface area contributed by atoms with Gasteiger partial charge in [-0.05, 0) is 25.1 Å². The summed E-state index contributed by atoms with van der Waals surface area (Å²) < 4.78 is 8.29. The highest BCUT2D eigenvalue weighted by molar-refractivity contribution is 5.65. The Balaban J connectivity index is 1.30. The monoisotopic (exact) mass is 414 g/mol. The van der Waals surface area contributed by atoms with Gasteiger partial charge in [-0.1, -0.05) is 48.5 Å². The number of aromatic nitrogens is 5. The Morgan fingerprint density at radius 1 is 0.968 bits per heavy atom. The van der Waals surface area contributed by atoms with Gasteiger partial charge in [-0.15, -0.1) is 10.2 Å². The number of rotatable bonds is 6. The second-order valence-electron chi connectivity index (χ2n) is 7.72. The smallest absolute Gasteiger partial charge is 0.227 e. The molecular weight excluding hydrogens is 388 g/mol. The summed E-state index contributed by atoms with van der Waals surface area (Å²) in [5.74, 6) is 2.66. The van der Waals surface area contributed by atoms with Crippen LogP contribution >= 0.6 is 0 Å². The topological polar surface area (TPSA) is 71.9 Å². The molecule has 31 heavy (non-hydrogen) atoms. The summed E-state index contributed by atoms with van der Waals surface area (Å²) in [6.45, 7) is 4.70. The largest absolute Gasteiger partial charge is 0.490 e. The first-order valence-electron chi connectivity index (χ1n) is 10.8. The van der Waals surface area contributed by atoms with E-state index in [2.05, 4.69) is 48.9 Å². The molecular formula is C24H26N6O. The highest BCUT2D eigenvalue weighted by Gasteiger charge is 2.25. The third-order valence-corrected chi connectivity index (χ3v) is 5.71. The van der Waals surface area contributed by atoms with Crippen molar-refractivity contribution in [3.05, 3.63) is 66.7 Å². The number of para-hydroxylation sites is 1. The van der Waals surface area contributed by atoms with Gasteiger partial charge in [0, 0.05) is 38.0 Å². The van der Waals surface area contributed by atoms with E-state index in [-0.39, 0.29) is 6.10 Å². The molecule has 3 heterocycles. The van der Waals surface area contributed by atoms with Gasteiger partial charge in [0.05, 0.1) is 5.69 Å². The van der Waals surface area contributed by atoms with Gasteiger partial charge >= 0.3 is 0 Å². The van der Waals surface area contributed by atoms with E-state index in [1.165, 1.54) is 0 Å². The van der Waals surface area contributed by atoms with Crippen LogP contribution in [0.3, 0.4) is 0 Å². The van der Waals surface area contributed by atoms with Crippen LogP contribution in [-0.4, -0.2) is 44.2 Å². The fraction of sp³-hybridized carbons (Fsp3) is 0.292. The molecule has 1 N–H and O–H groups in total. The quantitative estimate of drug-likeness (QED) is 0.506. The van der Waals surface area contributed by atoms with Crippen molar-refractivity contribution in [2.45, 2.75) is 32.4 Å². The lowest BCUT2D eigenvalue weighted by Crippen LogP contribution is -2.39. The van der Waals surface area contributed by atoms with E-state index in [0.29, 0.717) is 0 Å². The first kappa shape index (κ1) is 19.4. The highest BCUT2D eigenvalue weighted by Crippen LogP contribution is 2.27. The van der Waals surface area contributed by atoms with Crippen LogP contribution in [-0.2, 0) is 6.54 Å². The Morgan fingerprint density at radius 3 is 2.39 bits per heavy atom. The number of ether oxygens (including phenoxy) is 1. The highest BCUT2D eigenvalue weighted by atomic mass is 16.5. The molecule has 0 amide bonds. The minimum absolute atomic E-state index is 0.233. The van der Waals surface area contributed by atoms with E-state index in [1.54, 1.807) is 0 Å². The van der Waals surface area contributed by atoms with E-state index in [9.17, 15) is 0 Å². The van der Waals surface area contributed by atoms with Crippen molar-refractivity contribution in [2.24, 2.45) is 0 Å². The summed E-state index contributed by atoms with van der Waals surface area (Å²) in [5, 5.41) is 16.6. The number of benzene rings is 2. The summed E-state index contributed by atoms with van der Waals surface area (Å²) in [7, 11) is 0. The molecule has 1 aliphatic rings. The number of nitrogens with one attached hydrogen (secondary N) is 1. The molecule has 4 aromatic rings. The van der Waals surface area contributed by atoms with Gasteiger partial charge in [-0.2, -0.15) is 5.10 Å². The minimum atomic E-state index is 0.233. The Labute approximate surface area is 181 Å². The van der Waals surface area contributed by atoms with Crippen LogP contribution in [0.5, 0.6) is 5.75 Å². The molecule has 1 aliphatic heterocycles. The van der Waals surface area contributed by atoms with Crippen LogP contribution in [0.15, 0.2) is 66.7 Å². The van der Waals surface area contributed by atoms with Crippen molar-refractivity contribution in [3.63, 3.8) is 0 Å². The Morgan fingerprint density at radius 2 is 1.68 bits per heavy atom. The van der Waals surface area contributed by atoms with Gasteiger partial charge in [-0.25, -0.2) is 0 Å². The maximum atomic E-state index is 6.13. The fourth-order valence-corrected chi connectivity index (χ4v) is 4.08. The third kappa shape index (κ3) is 4.03. The molecule has 7 heteroatoms. The lowest BCUT2D eigenvalue weighted by molar-refractivity contribution is 0.170. The van der Waals surface area contributed by atoms with Gasteiger partial charge in [0.25, 0.3) is 0 Å². The average molecular weight is 415 g/mol. The lowest BCUT2D eigenvalue weighted by Gasteiger charge is -2.32. The maximum absolute atomic E-state index is 6.13. The number of H-pyrrole nitrogens is 1. The molecule has 0 unspecified atom stereocenters. The first-order valence-corrected chi connectivity index (χ1v) is 10.8. The van der Waals surface area contributed by atoms with E-state index >= 15 is 0 Å². The van der Waals surface area contributed by atoms with Crippen molar-refractivity contribution in [1.29, 1.82) is 0 Å². The van der Waals surface area contributed by atoms with Gasteiger partial charge in [0.1, 0.15) is 17.5 Å². The van der Waals surface area contributed by atoms with Crippen LogP contribution in [0.25, 0.3) is 22.8 Å². The molecule has 0 bridgehead atoms. The van der Waals surface area contributed by atoms with E-state index in [0.717, 1.165) is 66.9 Å². The number of aromatic amines is 1. The van der Waals surface area contributed by atoms with Crippen molar-refractivity contribution in [3.8, 4) is 28.5 Å². The third-order valence-electron chi connectivity index (χ3n) is 5.71. The summed E-state index contributed by atoms with van der Waals surface area (Å²) in [6.07, 6.45) is 2.16. The molecule has 5 rings (SSSR count). The molecule has 0 saturated carbocycles. The number of nitrogens with zero attached hydrogens (tertiary/aromatic N) is 5. The first-order chi connectivity index (χ1) is 15.3. The van der Waals surface area contributed by atoms with Crippen LogP contribution in [0.4, 0.5) is 5.95 Å². The molecule has 0 atom stereocenters.